The molecule has 0 saturated heterocycles. The van der Waals surface area contributed by atoms with Gasteiger partial charge in [-0.25, -0.2) is 4.79 Å². The maximum Gasteiger partial charge on any atom is 0.333 e. The second-order valence-electron chi connectivity index (χ2n) is 4.20. The Hall–Kier alpha value is -1.74. The molecule has 0 saturated carbocycles. The highest BCUT2D eigenvalue weighted by Gasteiger charge is 2.02. The SMILES string of the molecule is COC(=O)C(C)=CCSc1ccc2ccccc2c1. The van der Waals surface area contributed by atoms with Crippen LogP contribution in [0.15, 0.2) is 59.0 Å². The van der Waals surface area contributed by atoms with Crippen LogP contribution in [0.25, 0.3) is 10.8 Å². The van der Waals surface area contributed by atoms with Crippen LogP contribution in [0.2, 0.25) is 0 Å². The summed E-state index contributed by atoms with van der Waals surface area (Å²) in [5.41, 5.74) is 0.649. The van der Waals surface area contributed by atoms with Gasteiger partial charge in [0.05, 0.1) is 7.11 Å². The number of carbonyl (C=O) groups is 1. The number of rotatable bonds is 4. The Labute approximate surface area is 117 Å². The number of benzene rings is 2. The number of ether oxygens (including phenoxy) is 1. The van der Waals surface area contributed by atoms with Crippen LogP contribution >= 0.6 is 11.8 Å². The van der Waals surface area contributed by atoms with Crippen molar-refractivity contribution < 1.29 is 9.53 Å². The monoisotopic (exact) mass is 272 g/mol. The van der Waals surface area contributed by atoms with Gasteiger partial charge in [0.2, 0.25) is 0 Å². The Kier molecular flexibility index (Phi) is 4.63. The van der Waals surface area contributed by atoms with Crippen molar-refractivity contribution in [2.45, 2.75) is 11.8 Å². The molecule has 98 valence electrons. The molecule has 0 atom stereocenters. The normalized spacial score (nSPS) is 11.6. The number of esters is 1. The van der Waals surface area contributed by atoms with Gasteiger partial charge < -0.3 is 4.74 Å². The molecule has 2 aromatic carbocycles. The van der Waals surface area contributed by atoms with Gasteiger partial charge in [0.15, 0.2) is 0 Å². The molecule has 0 aliphatic rings. The van der Waals surface area contributed by atoms with E-state index in [1.54, 1.807) is 18.7 Å². The summed E-state index contributed by atoms with van der Waals surface area (Å²) in [6, 6.07) is 14.7. The second kappa shape index (κ2) is 6.43. The van der Waals surface area contributed by atoms with E-state index in [-0.39, 0.29) is 5.97 Å². The fourth-order valence-electron chi connectivity index (χ4n) is 1.76. The van der Waals surface area contributed by atoms with Crippen LogP contribution in [0.3, 0.4) is 0 Å². The highest BCUT2D eigenvalue weighted by Crippen LogP contribution is 2.23. The third-order valence-electron chi connectivity index (χ3n) is 2.87. The summed E-state index contributed by atoms with van der Waals surface area (Å²) in [5, 5.41) is 2.48. The van der Waals surface area contributed by atoms with Crippen molar-refractivity contribution >= 4 is 28.5 Å². The van der Waals surface area contributed by atoms with E-state index in [4.69, 9.17) is 0 Å². The third-order valence-corrected chi connectivity index (χ3v) is 3.79. The maximum absolute atomic E-state index is 11.2. The number of methoxy groups -OCH3 is 1. The molecule has 2 nitrogen and oxygen atoms in total. The summed E-state index contributed by atoms with van der Waals surface area (Å²) in [7, 11) is 1.40. The summed E-state index contributed by atoms with van der Waals surface area (Å²) in [6.45, 7) is 1.77. The Morgan fingerprint density at radius 2 is 1.95 bits per heavy atom. The first-order chi connectivity index (χ1) is 9.20. The molecular weight excluding hydrogens is 256 g/mol. The molecule has 0 heterocycles. The van der Waals surface area contributed by atoms with E-state index in [9.17, 15) is 4.79 Å². The average Bonchev–Trinajstić information content (AvgIpc) is 2.46. The minimum Gasteiger partial charge on any atom is -0.466 e. The summed E-state index contributed by atoms with van der Waals surface area (Å²) in [6.07, 6.45) is 1.89. The molecule has 0 N–H and O–H groups in total. The molecule has 2 rings (SSSR count). The van der Waals surface area contributed by atoms with Gasteiger partial charge >= 0.3 is 5.97 Å². The molecule has 0 unspecified atom stereocenters. The predicted molar refractivity (Wildman–Crippen MR) is 80.4 cm³/mol. The standard InChI is InChI=1S/C16H16O2S/c1-12(16(17)18-2)9-10-19-15-8-7-13-5-3-4-6-14(13)11-15/h3-9,11H,10H2,1-2H3. The Balaban J connectivity index is 2.04. The van der Waals surface area contributed by atoms with Gasteiger partial charge in [-0.1, -0.05) is 36.4 Å². The fraction of sp³-hybridized carbons (Fsp3) is 0.188. The largest absolute Gasteiger partial charge is 0.466 e. The lowest BCUT2D eigenvalue weighted by atomic mass is 10.1. The molecule has 0 aromatic heterocycles. The Morgan fingerprint density at radius 3 is 2.68 bits per heavy atom. The van der Waals surface area contributed by atoms with Gasteiger partial charge in [0, 0.05) is 16.2 Å². The molecule has 0 bridgehead atoms. The zero-order valence-electron chi connectivity index (χ0n) is 11.1. The van der Waals surface area contributed by atoms with Crippen molar-refractivity contribution in [1.29, 1.82) is 0 Å². The smallest absolute Gasteiger partial charge is 0.333 e. The minimum atomic E-state index is -0.265. The highest BCUT2D eigenvalue weighted by molar-refractivity contribution is 7.99. The molecule has 0 aliphatic carbocycles. The van der Waals surface area contributed by atoms with Gasteiger partial charge in [-0.05, 0) is 29.8 Å². The molecule has 0 radical (unpaired) electrons. The van der Waals surface area contributed by atoms with Crippen LogP contribution in [0.5, 0.6) is 0 Å². The fourth-order valence-corrected chi connectivity index (χ4v) is 2.66. The molecular formula is C16H16O2S. The molecule has 0 spiro atoms. The van der Waals surface area contributed by atoms with E-state index >= 15 is 0 Å². The highest BCUT2D eigenvalue weighted by atomic mass is 32.2. The predicted octanol–water partition coefficient (Wildman–Crippen LogP) is 4.05. The van der Waals surface area contributed by atoms with Crippen molar-refractivity contribution in [2.24, 2.45) is 0 Å². The zero-order valence-corrected chi connectivity index (χ0v) is 11.9. The topological polar surface area (TPSA) is 26.3 Å². The minimum absolute atomic E-state index is 0.265. The molecule has 19 heavy (non-hydrogen) atoms. The van der Waals surface area contributed by atoms with Crippen LogP contribution in [0, 0.1) is 0 Å². The van der Waals surface area contributed by atoms with Crippen LogP contribution in [0.4, 0.5) is 0 Å². The number of thioether (sulfide) groups is 1. The first kappa shape index (κ1) is 13.7. The van der Waals surface area contributed by atoms with Crippen molar-refractivity contribution in [3.05, 3.63) is 54.1 Å². The van der Waals surface area contributed by atoms with Gasteiger partial charge in [-0.15, -0.1) is 11.8 Å². The first-order valence-electron chi connectivity index (χ1n) is 6.07. The van der Waals surface area contributed by atoms with E-state index in [0.717, 1.165) is 5.75 Å². The van der Waals surface area contributed by atoms with Crippen molar-refractivity contribution in [3.63, 3.8) is 0 Å². The molecule has 0 aliphatic heterocycles. The second-order valence-corrected chi connectivity index (χ2v) is 5.29. The first-order valence-corrected chi connectivity index (χ1v) is 7.06. The van der Waals surface area contributed by atoms with E-state index in [1.165, 1.54) is 22.8 Å². The van der Waals surface area contributed by atoms with Gasteiger partial charge in [0.1, 0.15) is 0 Å². The van der Waals surface area contributed by atoms with E-state index in [0.29, 0.717) is 5.57 Å². The van der Waals surface area contributed by atoms with Crippen molar-refractivity contribution in [1.82, 2.24) is 0 Å². The lowest BCUT2D eigenvalue weighted by Crippen LogP contribution is -2.01. The number of hydrogen-bond acceptors (Lipinski definition) is 3. The van der Waals surface area contributed by atoms with Crippen molar-refractivity contribution in [3.8, 4) is 0 Å². The molecule has 2 aromatic rings. The third kappa shape index (κ3) is 3.61. The van der Waals surface area contributed by atoms with Gasteiger partial charge in [-0.3, -0.25) is 0 Å². The van der Waals surface area contributed by atoms with Crippen LogP contribution in [-0.4, -0.2) is 18.8 Å². The Bertz CT molecular complexity index is 617. The molecule has 0 fully saturated rings. The molecule has 0 amide bonds. The number of hydrogen-bond donors (Lipinski definition) is 0. The van der Waals surface area contributed by atoms with Gasteiger partial charge in [-0.2, -0.15) is 0 Å². The lowest BCUT2D eigenvalue weighted by molar-refractivity contribution is -0.136. The summed E-state index contributed by atoms with van der Waals surface area (Å²) in [5.74, 6) is 0.498. The lowest BCUT2D eigenvalue weighted by Gasteiger charge is -2.02. The van der Waals surface area contributed by atoms with Crippen LogP contribution in [-0.2, 0) is 9.53 Å². The maximum atomic E-state index is 11.2. The summed E-state index contributed by atoms with van der Waals surface area (Å²) < 4.78 is 4.66. The average molecular weight is 272 g/mol. The Morgan fingerprint density at radius 1 is 1.21 bits per heavy atom. The number of fused-ring (bicyclic) bond motifs is 1. The zero-order chi connectivity index (χ0) is 13.7. The van der Waals surface area contributed by atoms with Crippen LogP contribution in [0.1, 0.15) is 6.92 Å². The number of carbonyl (C=O) groups excluding carboxylic acids is 1. The van der Waals surface area contributed by atoms with E-state index in [1.807, 2.05) is 18.2 Å². The van der Waals surface area contributed by atoms with E-state index in [2.05, 4.69) is 35.1 Å². The van der Waals surface area contributed by atoms with E-state index < -0.39 is 0 Å². The summed E-state index contributed by atoms with van der Waals surface area (Å²) >= 11 is 1.71. The van der Waals surface area contributed by atoms with Crippen molar-refractivity contribution in [2.75, 3.05) is 12.9 Å². The molecule has 3 heteroatoms. The summed E-state index contributed by atoms with van der Waals surface area (Å²) in [4.78, 5) is 12.4. The van der Waals surface area contributed by atoms with Gasteiger partial charge in [0.25, 0.3) is 0 Å². The quantitative estimate of drug-likeness (QED) is 0.477. The van der Waals surface area contributed by atoms with Crippen LogP contribution < -0.4 is 0 Å².